The molecule has 0 saturated carbocycles. The molecule has 1 heterocycles. The fraction of sp³-hybridized carbons (Fsp3) is 0.300. The molecular weight excluding hydrogens is 383 g/mol. The number of halogens is 2. The minimum absolute atomic E-state index is 0. The zero-order valence-corrected chi connectivity index (χ0v) is 16.6. The molecule has 1 aromatic heterocycles. The third-order valence-corrected chi connectivity index (χ3v) is 4.47. The second-order valence-electron chi connectivity index (χ2n) is 6.13. The van der Waals surface area contributed by atoms with Gasteiger partial charge in [0.05, 0.1) is 0 Å². The van der Waals surface area contributed by atoms with Crippen LogP contribution in [0, 0.1) is 0 Å². The van der Waals surface area contributed by atoms with E-state index < -0.39 is 0 Å². The molecule has 7 heteroatoms. The Kier molecular flexibility index (Phi) is 8.75. The third kappa shape index (κ3) is 6.63. The van der Waals surface area contributed by atoms with Gasteiger partial charge in [0.25, 0.3) is 0 Å². The number of benzene rings is 2. The largest absolute Gasteiger partial charge is 0.339 e. The maximum Gasteiger partial charge on any atom is 0.228 e. The lowest BCUT2D eigenvalue weighted by Crippen LogP contribution is -2.33. The molecule has 0 fully saturated rings. The lowest BCUT2D eigenvalue weighted by molar-refractivity contribution is 0.272. The quantitative estimate of drug-likeness (QED) is 0.584. The van der Waals surface area contributed by atoms with Crippen molar-refractivity contribution in [2.24, 2.45) is 5.73 Å². The highest BCUT2D eigenvalue weighted by Gasteiger charge is 2.11. The summed E-state index contributed by atoms with van der Waals surface area (Å²) in [5, 5.41) is 4.75. The van der Waals surface area contributed by atoms with Crippen molar-refractivity contribution < 1.29 is 4.52 Å². The molecule has 5 nitrogen and oxygen atoms in total. The Morgan fingerprint density at radius 1 is 0.926 bits per heavy atom. The average Bonchev–Trinajstić information content (AvgIpc) is 3.14. The Balaban J connectivity index is 0.00000261. The van der Waals surface area contributed by atoms with E-state index in [0.717, 1.165) is 31.6 Å². The van der Waals surface area contributed by atoms with E-state index in [9.17, 15) is 0 Å². The molecule has 2 N–H and O–H groups in total. The molecule has 0 saturated heterocycles. The van der Waals surface area contributed by atoms with Crippen LogP contribution in [0.25, 0.3) is 11.4 Å². The van der Waals surface area contributed by atoms with Crippen LogP contribution in [0.4, 0.5) is 0 Å². The molecule has 0 radical (unpaired) electrons. The molecule has 3 aromatic rings. The molecule has 2 aromatic carbocycles. The van der Waals surface area contributed by atoms with Gasteiger partial charge in [-0.25, -0.2) is 0 Å². The SMILES string of the molecule is Cl.NCCN(CCc1ccccc1)CCc1nc(-c2ccc(Cl)cc2)no1. The molecule has 0 aliphatic rings. The third-order valence-electron chi connectivity index (χ3n) is 4.22. The first kappa shape index (κ1) is 21.4. The monoisotopic (exact) mass is 406 g/mol. The molecule has 0 spiro atoms. The minimum Gasteiger partial charge on any atom is -0.339 e. The first-order valence-corrected chi connectivity index (χ1v) is 9.17. The summed E-state index contributed by atoms with van der Waals surface area (Å²) in [4.78, 5) is 6.81. The zero-order valence-electron chi connectivity index (χ0n) is 15.1. The molecule has 0 atom stereocenters. The van der Waals surface area contributed by atoms with Crippen LogP contribution in [0.2, 0.25) is 5.02 Å². The van der Waals surface area contributed by atoms with Crippen LogP contribution in [-0.4, -0.2) is 41.2 Å². The van der Waals surface area contributed by atoms with Crippen molar-refractivity contribution in [3.05, 3.63) is 71.1 Å². The van der Waals surface area contributed by atoms with Crippen LogP contribution in [0.15, 0.2) is 59.1 Å². The molecule has 3 rings (SSSR count). The van der Waals surface area contributed by atoms with E-state index >= 15 is 0 Å². The maximum atomic E-state index is 5.91. The second-order valence-corrected chi connectivity index (χ2v) is 6.57. The van der Waals surface area contributed by atoms with Gasteiger partial charge in [0.15, 0.2) is 0 Å². The van der Waals surface area contributed by atoms with Crippen LogP contribution < -0.4 is 5.73 Å². The summed E-state index contributed by atoms with van der Waals surface area (Å²) in [5.41, 5.74) is 7.98. The predicted octanol–water partition coefficient (Wildman–Crippen LogP) is 3.86. The summed E-state index contributed by atoms with van der Waals surface area (Å²) >= 11 is 5.91. The first-order valence-electron chi connectivity index (χ1n) is 8.79. The van der Waals surface area contributed by atoms with E-state index in [-0.39, 0.29) is 12.4 Å². The Labute approximate surface area is 170 Å². The van der Waals surface area contributed by atoms with Crippen LogP contribution in [0.3, 0.4) is 0 Å². The smallest absolute Gasteiger partial charge is 0.228 e. The van der Waals surface area contributed by atoms with Gasteiger partial charge >= 0.3 is 0 Å². The van der Waals surface area contributed by atoms with Gasteiger partial charge in [-0.15, -0.1) is 12.4 Å². The van der Waals surface area contributed by atoms with Gasteiger partial charge in [-0.05, 0) is 36.2 Å². The number of rotatable bonds is 9. The fourth-order valence-electron chi connectivity index (χ4n) is 2.78. The fourth-order valence-corrected chi connectivity index (χ4v) is 2.90. The first-order chi connectivity index (χ1) is 12.7. The minimum atomic E-state index is 0. The number of hydrogen-bond donors (Lipinski definition) is 1. The standard InChI is InChI=1S/C20H23ClN4O.ClH/c21-18-8-6-17(7-9-18)20-23-19(26-24-20)11-14-25(15-12-22)13-10-16-4-2-1-3-5-16;/h1-9H,10-15,22H2;1H. The second kappa shape index (κ2) is 11.0. The molecular formula is C20H24Cl2N4O. The van der Waals surface area contributed by atoms with Gasteiger partial charge in [0.2, 0.25) is 11.7 Å². The van der Waals surface area contributed by atoms with Crippen molar-refractivity contribution in [2.75, 3.05) is 26.2 Å². The molecule has 0 unspecified atom stereocenters. The Bertz CT molecular complexity index is 793. The molecule has 144 valence electrons. The van der Waals surface area contributed by atoms with Crippen molar-refractivity contribution >= 4 is 24.0 Å². The van der Waals surface area contributed by atoms with Gasteiger partial charge in [0.1, 0.15) is 0 Å². The van der Waals surface area contributed by atoms with Gasteiger partial charge in [-0.3, -0.25) is 0 Å². The zero-order chi connectivity index (χ0) is 18.2. The lowest BCUT2D eigenvalue weighted by atomic mass is 10.1. The molecule has 0 amide bonds. The summed E-state index contributed by atoms with van der Waals surface area (Å²) in [5.74, 6) is 1.23. The molecule has 0 bridgehead atoms. The highest BCUT2D eigenvalue weighted by Crippen LogP contribution is 2.18. The van der Waals surface area contributed by atoms with Gasteiger partial charge < -0.3 is 15.2 Å². The molecule has 0 aliphatic heterocycles. The average molecular weight is 407 g/mol. The van der Waals surface area contributed by atoms with E-state index in [0.29, 0.717) is 29.7 Å². The number of nitrogens with zero attached hydrogens (tertiary/aromatic N) is 3. The van der Waals surface area contributed by atoms with E-state index in [1.807, 2.05) is 30.3 Å². The Morgan fingerprint density at radius 3 is 2.33 bits per heavy atom. The van der Waals surface area contributed by atoms with Crippen LogP contribution in [-0.2, 0) is 12.8 Å². The summed E-state index contributed by atoms with van der Waals surface area (Å²) in [6.07, 6.45) is 1.70. The van der Waals surface area contributed by atoms with Crippen molar-refractivity contribution in [1.29, 1.82) is 0 Å². The van der Waals surface area contributed by atoms with E-state index in [2.05, 4.69) is 39.3 Å². The highest BCUT2D eigenvalue weighted by molar-refractivity contribution is 6.30. The van der Waals surface area contributed by atoms with Crippen LogP contribution >= 0.6 is 24.0 Å². The highest BCUT2D eigenvalue weighted by atomic mass is 35.5. The topological polar surface area (TPSA) is 68.2 Å². The van der Waals surface area contributed by atoms with E-state index in [1.165, 1.54) is 5.56 Å². The van der Waals surface area contributed by atoms with Crippen molar-refractivity contribution in [3.63, 3.8) is 0 Å². The maximum absolute atomic E-state index is 5.91. The Morgan fingerprint density at radius 2 is 1.63 bits per heavy atom. The Hall–Kier alpha value is -1.92. The van der Waals surface area contributed by atoms with Gasteiger partial charge in [-0.1, -0.05) is 47.1 Å². The van der Waals surface area contributed by atoms with Gasteiger partial charge in [0, 0.05) is 43.2 Å². The molecule has 0 aliphatic carbocycles. The summed E-state index contributed by atoms with van der Waals surface area (Å²) in [6.45, 7) is 3.28. The van der Waals surface area contributed by atoms with Crippen LogP contribution in [0.1, 0.15) is 11.5 Å². The van der Waals surface area contributed by atoms with E-state index in [1.54, 1.807) is 0 Å². The number of nitrogens with two attached hydrogens (primary N) is 1. The van der Waals surface area contributed by atoms with Crippen molar-refractivity contribution in [3.8, 4) is 11.4 Å². The predicted molar refractivity (Wildman–Crippen MR) is 111 cm³/mol. The van der Waals surface area contributed by atoms with Crippen LogP contribution in [0.5, 0.6) is 0 Å². The van der Waals surface area contributed by atoms with Crippen molar-refractivity contribution in [1.82, 2.24) is 15.0 Å². The van der Waals surface area contributed by atoms with E-state index in [4.69, 9.17) is 21.9 Å². The summed E-state index contributed by atoms with van der Waals surface area (Å²) in [7, 11) is 0. The van der Waals surface area contributed by atoms with Gasteiger partial charge in [-0.2, -0.15) is 4.98 Å². The molecule has 27 heavy (non-hydrogen) atoms. The number of hydrogen-bond acceptors (Lipinski definition) is 5. The summed E-state index contributed by atoms with van der Waals surface area (Å²) in [6, 6.07) is 17.9. The lowest BCUT2D eigenvalue weighted by Gasteiger charge is -2.20. The normalized spacial score (nSPS) is 10.8. The summed E-state index contributed by atoms with van der Waals surface area (Å²) < 4.78 is 5.39. The number of aromatic nitrogens is 2. The van der Waals surface area contributed by atoms with Crippen molar-refractivity contribution in [2.45, 2.75) is 12.8 Å².